The van der Waals surface area contributed by atoms with E-state index >= 15 is 0 Å². The van der Waals surface area contributed by atoms with Crippen molar-refractivity contribution >= 4 is 23.4 Å². The van der Waals surface area contributed by atoms with Crippen molar-refractivity contribution in [3.8, 4) is 0 Å². The molecule has 1 unspecified atom stereocenters. The molecule has 0 fully saturated rings. The summed E-state index contributed by atoms with van der Waals surface area (Å²) in [6, 6.07) is 6.13. The SMILES string of the molecule is CNCCN1C(=O)C(C)Sc2ccc(CN)cc21. The molecule has 98 valence electrons. The second kappa shape index (κ2) is 5.73. The number of anilines is 1. The van der Waals surface area contributed by atoms with Crippen LogP contribution >= 0.6 is 11.8 Å². The maximum atomic E-state index is 12.2. The smallest absolute Gasteiger partial charge is 0.240 e. The predicted octanol–water partition coefficient (Wildman–Crippen LogP) is 1.19. The van der Waals surface area contributed by atoms with Crippen molar-refractivity contribution in [3.05, 3.63) is 23.8 Å². The molecule has 1 aliphatic heterocycles. The summed E-state index contributed by atoms with van der Waals surface area (Å²) in [5.74, 6) is 0.178. The Morgan fingerprint density at radius 3 is 2.94 bits per heavy atom. The standard InChI is InChI=1S/C13H19N3OS/c1-9-13(17)16(6-5-15-2)11-7-10(8-14)3-4-12(11)18-9/h3-4,7,9,15H,5-6,8,14H2,1-2H3. The quantitative estimate of drug-likeness (QED) is 0.858. The van der Waals surface area contributed by atoms with Gasteiger partial charge in [0.15, 0.2) is 0 Å². The maximum Gasteiger partial charge on any atom is 0.240 e. The minimum atomic E-state index is -0.0157. The zero-order valence-electron chi connectivity index (χ0n) is 10.8. The Morgan fingerprint density at radius 1 is 1.50 bits per heavy atom. The van der Waals surface area contributed by atoms with Crippen LogP contribution in [0.15, 0.2) is 23.1 Å². The van der Waals surface area contributed by atoms with Gasteiger partial charge in [-0.3, -0.25) is 4.79 Å². The van der Waals surface area contributed by atoms with Gasteiger partial charge < -0.3 is 16.0 Å². The summed E-state index contributed by atoms with van der Waals surface area (Å²) >= 11 is 1.62. The molecular formula is C13H19N3OS. The number of nitrogens with one attached hydrogen (secondary N) is 1. The van der Waals surface area contributed by atoms with Gasteiger partial charge in [-0.05, 0) is 31.7 Å². The summed E-state index contributed by atoms with van der Waals surface area (Å²) in [6.45, 7) is 3.94. The average molecular weight is 265 g/mol. The first-order valence-electron chi connectivity index (χ1n) is 6.13. The number of thioether (sulfide) groups is 1. The van der Waals surface area contributed by atoms with Crippen molar-refractivity contribution in [2.24, 2.45) is 5.73 Å². The van der Waals surface area contributed by atoms with E-state index in [4.69, 9.17) is 5.73 Å². The molecular weight excluding hydrogens is 246 g/mol. The number of hydrogen-bond donors (Lipinski definition) is 2. The number of carbonyl (C=O) groups excluding carboxylic acids is 1. The van der Waals surface area contributed by atoms with Gasteiger partial charge >= 0.3 is 0 Å². The van der Waals surface area contributed by atoms with Gasteiger partial charge in [-0.2, -0.15) is 0 Å². The number of amides is 1. The van der Waals surface area contributed by atoms with Crippen LogP contribution in [0.25, 0.3) is 0 Å². The highest BCUT2D eigenvalue weighted by Crippen LogP contribution is 2.39. The molecule has 3 N–H and O–H groups in total. The Morgan fingerprint density at radius 2 is 2.28 bits per heavy atom. The van der Waals surface area contributed by atoms with Crippen molar-refractivity contribution in [2.75, 3.05) is 25.0 Å². The minimum absolute atomic E-state index is 0.0157. The Balaban J connectivity index is 2.36. The molecule has 0 saturated carbocycles. The van der Waals surface area contributed by atoms with Gasteiger partial charge in [-0.25, -0.2) is 0 Å². The summed E-state index contributed by atoms with van der Waals surface area (Å²) in [7, 11) is 1.89. The first kappa shape index (κ1) is 13.4. The van der Waals surface area contributed by atoms with Crippen LogP contribution in [0.4, 0.5) is 5.69 Å². The van der Waals surface area contributed by atoms with Crippen molar-refractivity contribution in [1.29, 1.82) is 0 Å². The molecule has 1 aliphatic rings. The average Bonchev–Trinajstić information content (AvgIpc) is 2.39. The topological polar surface area (TPSA) is 58.4 Å². The summed E-state index contributed by atoms with van der Waals surface area (Å²) in [5.41, 5.74) is 7.73. The summed E-state index contributed by atoms with van der Waals surface area (Å²) in [5, 5.41) is 3.07. The molecule has 5 heteroatoms. The lowest BCUT2D eigenvalue weighted by Crippen LogP contribution is -2.43. The van der Waals surface area contributed by atoms with Gasteiger partial charge in [0, 0.05) is 24.5 Å². The Kier molecular flexibility index (Phi) is 4.27. The molecule has 0 bridgehead atoms. The normalized spacial score (nSPS) is 18.9. The summed E-state index contributed by atoms with van der Waals surface area (Å²) < 4.78 is 0. The summed E-state index contributed by atoms with van der Waals surface area (Å²) in [4.78, 5) is 15.3. The third-order valence-electron chi connectivity index (χ3n) is 3.05. The third kappa shape index (κ3) is 2.53. The number of likely N-dealkylation sites (N-methyl/N-ethyl adjacent to an activating group) is 1. The van der Waals surface area contributed by atoms with Crippen molar-refractivity contribution in [3.63, 3.8) is 0 Å². The van der Waals surface area contributed by atoms with E-state index in [0.29, 0.717) is 13.1 Å². The van der Waals surface area contributed by atoms with Gasteiger partial charge in [0.1, 0.15) is 0 Å². The number of benzene rings is 1. The van der Waals surface area contributed by atoms with Gasteiger partial charge in [-0.15, -0.1) is 11.8 Å². The fourth-order valence-electron chi connectivity index (χ4n) is 2.03. The second-order valence-electron chi connectivity index (χ2n) is 4.36. The van der Waals surface area contributed by atoms with Gasteiger partial charge in [0.05, 0.1) is 10.9 Å². The van der Waals surface area contributed by atoms with E-state index in [0.717, 1.165) is 22.7 Å². The van der Waals surface area contributed by atoms with E-state index in [9.17, 15) is 4.79 Å². The van der Waals surface area contributed by atoms with Gasteiger partial charge in [0.25, 0.3) is 0 Å². The number of nitrogens with zero attached hydrogens (tertiary/aromatic N) is 1. The summed E-state index contributed by atoms with van der Waals surface area (Å²) in [6.07, 6.45) is 0. The minimum Gasteiger partial charge on any atom is -0.326 e. The molecule has 0 aromatic heterocycles. The van der Waals surface area contributed by atoms with Gasteiger partial charge in [0.2, 0.25) is 5.91 Å². The van der Waals surface area contributed by atoms with Crippen molar-refractivity contribution in [1.82, 2.24) is 5.32 Å². The van der Waals surface area contributed by atoms with E-state index in [1.165, 1.54) is 0 Å². The largest absolute Gasteiger partial charge is 0.326 e. The van der Waals surface area contributed by atoms with E-state index < -0.39 is 0 Å². The zero-order chi connectivity index (χ0) is 13.1. The molecule has 1 aromatic carbocycles. The fourth-order valence-corrected chi connectivity index (χ4v) is 3.08. The number of fused-ring (bicyclic) bond motifs is 1. The van der Waals surface area contributed by atoms with Crippen LogP contribution in [0.3, 0.4) is 0 Å². The lowest BCUT2D eigenvalue weighted by molar-refractivity contribution is -0.118. The first-order valence-corrected chi connectivity index (χ1v) is 7.01. The van der Waals surface area contributed by atoms with Gasteiger partial charge in [-0.1, -0.05) is 6.07 Å². The highest BCUT2D eigenvalue weighted by Gasteiger charge is 2.30. The van der Waals surface area contributed by atoms with Crippen LogP contribution in [0.1, 0.15) is 12.5 Å². The van der Waals surface area contributed by atoms with E-state index in [2.05, 4.69) is 11.4 Å². The lowest BCUT2D eigenvalue weighted by atomic mass is 10.1. The number of hydrogen-bond acceptors (Lipinski definition) is 4. The van der Waals surface area contributed by atoms with E-state index in [1.807, 2.05) is 31.0 Å². The molecule has 0 spiro atoms. The Hall–Kier alpha value is -1.04. The molecule has 18 heavy (non-hydrogen) atoms. The van der Waals surface area contributed by atoms with E-state index in [-0.39, 0.29) is 11.2 Å². The predicted molar refractivity (Wildman–Crippen MR) is 75.9 cm³/mol. The molecule has 1 heterocycles. The highest BCUT2D eigenvalue weighted by atomic mass is 32.2. The van der Waals surface area contributed by atoms with Crippen LogP contribution < -0.4 is 16.0 Å². The molecule has 1 amide bonds. The van der Waals surface area contributed by atoms with E-state index in [1.54, 1.807) is 11.8 Å². The molecule has 0 aliphatic carbocycles. The maximum absolute atomic E-state index is 12.2. The highest BCUT2D eigenvalue weighted by molar-refractivity contribution is 8.00. The molecule has 0 saturated heterocycles. The number of carbonyl (C=O) groups is 1. The Bertz CT molecular complexity index is 450. The second-order valence-corrected chi connectivity index (χ2v) is 5.74. The molecule has 0 radical (unpaired) electrons. The van der Waals surface area contributed by atoms with Crippen LogP contribution in [0, 0.1) is 0 Å². The number of rotatable bonds is 4. The van der Waals surface area contributed by atoms with Crippen LogP contribution in [-0.2, 0) is 11.3 Å². The first-order chi connectivity index (χ1) is 8.67. The third-order valence-corrected chi connectivity index (χ3v) is 4.21. The van der Waals surface area contributed by atoms with Crippen LogP contribution in [0.2, 0.25) is 0 Å². The van der Waals surface area contributed by atoms with Crippen molar-refractivity contribution < 1.29 is 4.79 Å². The van der Waals surface area contributed by atoms with Crippen molar-refractivity contribution in [2.45, 2.75) is 23.6 Å². The Labute approximate surface area is 112 Å². The zero-order valence-corrected chi connectivity index (χ0v) is 11.6. The number of nitrogens with two attached hydrogens (primary N) is 1. The fraction of sp³-hybridized carbons (Fsp3) is 0.462. The van der Waals surface area contributed by atoms with Crippen LogP contribution in [-0.4, -0.2) is 31.3 Å². The molecule has 4 nitrogen and oxygen atoms in total. The lowest BCUT2D eigenvalue weighted by Gasteiger charge is -2.32. The molecule has 1 aromatic rings. The monoisotopic (exact) mass is 265 g/mol. The molecule has 1 atom stereocenters. The molecule has 2 rings (SSSR count). The van der Waals surface area contributed by atoms with Crippen LogP contribution in [0.5, 0.6) is 0 Å².